The lowest BCUT2D eigenvalue weighted by molar-refractivity contribution is 0.0219. The van der Waals surface area contributed by atoms with Crippen molar-refractivity contribution >= 4 is 28.0 Å². The van der Waals surface area contributed by atoms with E-state index >= 15 is 0 Å². The second-order valence-electron chi connectivity index (χ2n) is 10.3. The zero-order valence-corrected chi connectivity index (χ0v) is 23.3. The van der Waals surface area contributed by atoms with Crippen LogP contribution < -0.4 is 4.74 Å². The predicted molar refractivity (Wildman–Crippen MR) is 143 cm³/mol. The average molecular weight is 536 g/mol. The summed E-state index contributed by atoms with van der Waals surface area (Å²) in [5.74, 6) is 1.66. The molecule has 0 radical (unpaired) electrons. The molecule has 0 spiro atoms. The third kappa shape index (κ3) is 8.15. The number of nitrogens with zero attached hydrogens (tertiary/aromatic N) is 1. The molecule has 1 heterocycles. The molecule has 0 saturated carbocycles. The Morgan fingerprint density at radius 1 is 1.17 bits per heavy atom. The lowest BCUT2D eigenvalue weighted by Gasteiger charge is -2.28. The highest BCUT2D eigenvalue weighted by Gasteiger charge is 2.37. The van der Waals surface area contributed by atoms with E-state index in [1.807, 2.05) is 56.5 Å². The van der Waals surface area contributed by atoms with Gasteiger partial charge in [0.15, 0.2) is 0 Å². The third-order valence-corrected chi connectivity index (χ3v) is 8.39. The van der Waals surface area contributed by atoms with Gasteiger partial charge in [-0.15, -0.1) is 0 Å². The molecule has 1 fully saturated rings. The van der Waals surface area contributed by atoms with Crippen molar-refractivity contribution in [3.05, 3.63) is 59.2 Å². The van der Waals surface area contributed by atoms with Gasteiger partial charge in [-0.2, -0.15) is 20.2 Å². The maximum absolute atomic E-state index is 13.0. The lowest BCUT2D eigenvalue weighted by atomic mass is 10.0. The van der Waals surface area contributed by atoms with E-state index in [1.165, 1.54) is 11.6 Å². The van der Waals surface area contributed by atoms with Crippen molar-refractivity contribution in [2.75, 3.05) is 13.7 Å². The molecule has 9 heteroatoms. The van der Waals surface area contributed by atoms with E-state index in [0.717, 1.165) is 29.9 Å². The molecule has 1 saturated heterocycles. The number of thioether (sulfide) groups is 1. The van der Waals surface area contributed by atoms with E-state index in [9.17, 15) is 17.8 Å². The first-order valence-corrected chi connectivity index (χ1v) is 14.7. The van der Waals surface area contributed by atoms with Crippen molar-refractivity contribution in [1.82, 2.24) is 4.90 Å². The van der Waals surface area contributed by atoms with Crippen molar-refractivity contribution in [2.45, 2.75) is 80.9 Å². The molecule has 2 atom stereocenters. The maximum Gasteiger partial charge on any atom is 0.410 e. The molecular weight excluding hydrogens is 498 g/mol. The van der Waals surface area contributed by atoms with Crippen LogP contribution in [0.2, 0.25) is 0 Å². The van der Waals surface area contributed by atoms with Crippen molar-refractivity contribution in [3.8, 4) is 5.75 Å². The first-order chi connectivity index (χ1) is 16.9. The molecule has 0 aliphatic carbocycles. The summed E-state index contributed by atoms with van der Waals surface area (Å²) in [6, 6.07) is 13.0. The molecule has 2 aromatic carbocycles. The van der Waals surface area contributed by atoms with Crippen molar-refractivity contribution < 1.29 is 27.2 Å². The smallest absolute Gasteiger partial charge is 0.410 e. The molecule has 0 aromatic heterocycles. The van der Waals surface area contributed by atoms with Crippen LogP contribution >= 0.6 is 11.8 Å². The van der Waals surface area contributed by atoms with Crippen LogP contribution in [0.15, 0.2) is 47.4 Å². The normalized spacial score (nSPS) is 18.3. The quantitative estimate of drug-likeness (QED) is 0.401. The Hall–Kier alpha value is -2.23. The summed E-state index contributed by atoms with van der Waals surface area (Å²) >= 11 is 1.83. The number of ether oxygens (including phenoxy) is 2. The number of carbonyl (C=O) groups is 1. The number of aryl methyl sites for hydroxylation is 2. The van der Waals surface area contributed by atoms with Crippen molar-refractivity contribution in [2.24, 2.45) is 0 Å². The largest absolute Gasteiger partial charge is 0.497 e. The van der Waals surface area contributed by atoms with E-state index in [-0.39, 0.29) is 22.3 Å². The van der Waals surface area contributed by atoms with Crippen LogP contribution in [0.4, 0.5) is 4.79 Å². The molecule has 1 N–H and O–H groups in total. The van der Waals surface area contributed by atoms with Gasteiger partial charge < -0.3 is 14.4 Å². The van der Waals surface area contributed by atoms with Crippen LogP contribution in [-0.2, 0) is 27.0 Å². The van der Waals surface area contributed by atoms with Gasteiger partial charge in [0.05, 0.1) is 12.0 Å². The summed E-state index contributed by atoms with van der Waals surface area (Å²) in [5, 5.41) is 0.275. The minimum absolute atomic E-state index is 0.00668. The number of likely N-dealkylation sites (tertiary alicyclic amines) is 1. The topological polar surface area (TPSA) is 93.1 Å². The van der Waals surface area contributed by atoms with Crippen LogP contribution in [0.5, 0.6) is 5.75 Å². The predicted octanol–water partition coefficient (Wildman–Crippen LogP) is 5.88. The molecule has 1 aliphatic rings. The van der Waals surface area contributed by atoms with Crippen LogP contribution in [0, 0.1) is 6.92 Å². The maximum atomic E-state index is 13.0. The molecule has 3 rings (SSSR count). The molecule has 0 bridgehead atoms. The molecule has 1 amide bonds. The Kier molecular flexibility index (Phi) is 9.35. The fourth-order valence-corrected chi connectivity index (χ4v) is 6.41. The monoisotopic (exact) mass is 535 g/mol. The van der Waals surface area contributed by atoms with Crippen LogP contribution in [0.3, 0.4) is 0 Å². The van der Waals surface area contributed by atoms with Gasteiger partial charge in [0.2, 0.25) is 0 Å². The van der Waals surface area contributed by atoms with E-state index in [2.05, 4.69) is 12.1 Å². The first-order valence-electron chi connectivity index (χ1n) is 12.2. The first kappa shape index (κ1) is 28.3. The van der Waals surface area contributed by atoms with Gasteiger partial charge in [0.25, 0.3) is 10.1 Å². The van der Waals surface area contributed by atoms with Crippen molar-refractivity contribution in [3.63, 3.8) is 0 Å². The number of hydrogen-bond donors (Lipinski definition) is 1. The fourth-order valence-electron chi connectivity index (χ4n) is 4.43. The summed E-state index contributed by atoms with van der Waals surface area (Å²) in [6.45, 7) is 8.09. The fraction of sp³-hybridized carbons (Fsp3) is 0.519. The standard InChI is InChI=1S/C27H37NO6S2/c1-19-9-14-25(36(30,31)32)21(15-19)7-6-8-22-16-24(17-28(22)26(29)34-27(2,3)4)35-18-20-10-12-23(33-5)13-11-20/h9-15,22,24H,6-8,16-18H2,1-5H3,(H,30,31,32). The Balaban J connectivity index is 1.66. The van der Waals surface area contributed by atoms with Crippen LogP contribution in [-0.4, -0.2) is 54.5 Å². The van der Waals surface area contributed by atoms with Gasteiger partial charge in [-0.1, -0.05) is 29.8 Å². The minimum atomic E-state index is -4.29. The van der Waals surface area contributed by atoms with Gasteiger partial charge in [-0.3, -0.25) is 4.55 Å². The molecule has 7 nitrogen and oxygen atoms in total. The van der Waals surface area contributed by atoms with Gasteiger partial charge in [0, 0.05) is 23.6 Å². The summed E-state index contributed by atoms with van der Waals surface area (Å²) in [6.07, 6.45) is 2.44. The highest BCUT2D eigenvalue weighted by atomic mass is 32.2. The second kappa shape index (κ2) is 11.9. The van der Waals surface area contributed by atoms with Gasteiger partial charge in [0.1, 0.15) is 11.4 Å². The average Bonchev–Trinajstić information content (AvgIpc) is 3.19. The Labute approximate surface area is 219 Å². The summed E-state index contributed by atoms with van der Waals surface area (Å²) in [4.78, 5) is 14.8. The van der Waals surface area contributed by atoms with E-state index < -0.39 is 15.7 Å². The van der Waals surface area contributed by atoms with Crippen LogP contribution in [0.25, 0.3) is 0 Å². The summed E-state index contributed by atoms with van der Waals surface area (Å²) in [5.41, 5.74) is 2.15. The zero-order valence-electron chi connectivity index (χ0n) is 21.7. The van der Waals surface area contributed by atoms with E-state index in [0.29, 0.717) is 24.9 Å². The van der Waals surface area contributed by atoms with E-state index in [4.69, 9.17) is 9.47 Å². The Morgan fingerprint density at radius 2 is 1.86 bits per heavy atom. The molecule has 2 unspecified atom stereocenters. The van der Waals surface area contributed by atoms with Gasteiger partial charge >= 0.3 is 6.09 Å². The molecule has 36 heavy (non-hydrogen) atoms. The molecule has 2 aromatic rings. The van der Waals surface area contributed by atoms with E-state index in [1.54, 1.807) is 19.2 Å². The highest BCUT2D eigenvalue weighted by molar-refractivity contribution is 7.99. The van der Waals surface area contributed by atoms with Gasteiger partial charge in [-0.05, 0) is 82.7 Å². The highest BCUT2D eigenvalue weighted by Crippen LogP contribution is 2.34. The minimum Gasteiger partial charge on any atom is -0.497 e. The number of methoxy groups -OCH3 is 1. The number of amides is 1. The van der Waals surface area contributed by atoms with Crippen LogP contribution in [0.1, 0.15) is 56.7 Å². The Morgan fingerprint density at radius 3 is 2.47 bits per heavy atom. The number of benzene rings is 2. The molecular formula is C27H37NO6S2. The molecule has 198 valence electrons. The third-order valence-electron chi connectivity index (χ3n) is 6.13. The summed E-state index contributed by atoms with van der Waals surface area (Å²) in [7, 11) is -2.64. The Bertz CT molecular complexity index is 1140. The lowest BCUT2D eigenvalue weighted by Crippen LogP contribution is -2.40. The number of rotatable bonds is 9. The summed E-state index contributed by atoms with van der Waals surface area (Å²) < 4.78 is 44.1. The zero-order chi connectivity index (χ0) is 26.5. The number of carbonyl (C=O) groups excluding carboxylic acids is 1. The molecule has 1 aliphatic heterocycles. The van der Waals surface area contributed by atoms with Crippen molar-refractivity contribution in [1.29, 1.82) is 0 Å². The SMILES string of the molecule is COc1ccc(CSC2CC(CCCc3cc(C)ccc3S(=O)(=O)O)N(C(=O)OC(C)(C)C)C2)cc1. The van der Waals surface area contributed by atoms with Gasteiger partial charge in [-0.25, -0.2) is 4.79 Å². The number of hydrogen-bond acceptors (Lipinski definition) is 6. The second-order valence-corrected chi connectivity index (χ2v) is 13.0.